The lowest BCUT2D eigenvalue weighted by atomic mass is 10.00. The molecule has 1 atom stereocenters. The minimum Gasteiger partial charge on any atom is -0.348 e. The van der Waals surface area contributed by atoms with Crippen molar-refractivity contribution in [2.45, 2.75) is 26.4 Å². The van der Waals surface area contributed by atoms with Crippen LogP contribution in [0.25, 0.3) is 0 Å². The van der Waals surface area contributed by atoms with E-state index in [-0.39, 0.29) is 11.9 Å². The SMILES string of the molecule is Cc1cc(C)cc(NC(=S)N2CCn3cccc3[C@H]2c2ccccc2F)c1. The second-order valence-electron chi connectivity index (χ2n) is 7.05. The van der Waals surface area contributed by atoms with Crippen molar-refractivity contribution in [3.05, 3.63) is 89.0 Å². The van der Waals surface area contributed by atoms with Crippen LogP contribution < -0.4 is 5.32 Å². The van der Waals surface area contributed by atoms with Gasteiger partial charge >= 0.3 is 0 Å². The van der Waals surface area contributed by atoms with Crippen molar-refractivity contribution in [3.63, 3.8) is 0 Å². The fraction of sp³-hybridized carbons (Fsp3) is 0.227. The number of nitrogens with one attached hydrogen (secondary N) is 1. The molecule has 5 heteroatoms. The highest BCUT2D eigenvalue weighted by molar-refractivity contribution is 7.80. The minimum atomic E-state index is -0.249. The van der Waals surface area contributed by atoms with Gasteiger partial charge in [-0.15, -0.1) is 0 Å². The molecular weight excluding hydrogens is 357 g/mol. The molecule has 1 N–H and O–H groups in total. The van der Waals surface area contributed by atoms with Gasteiger partial charge in [-0.3, -0.25) is 0 Å². The van der Waals surface area contributed by atoms with Gasteiger partial charge in [-0.2, -0.15) is 0 Å². The molecule has 0 amide bonds. The van der Waals surface area contributed by atoms with E-state index in [1.165, 1.54) is 17.2 Å². The van der Waals surface area contributed by atoms with Crippen LogP contribution in [0.3, 0.4) is 0 Å². The molecule has 2 aromatic carbocycles. The number of aromatic nitrogens is 1. The zero-order valence-electron chi connectivity index (χ0n) is 15.4. The Labute approximate surface area is 164 Å². The molecule has 0 fully saturated rings. The summed E-state index contributed by atoms with van der Waals surface area (Å²) in [6.45, 7) is 5.67. The summed E-state index contributed by atoms with van der Waals surface area (Å²) in [4.78, 5) is 2.08. The average Bonchev–Trinajstić information content (AvgIpc) is 3.09. The standard InChI is InChI=1S/C22H22FN3S/c1-15-12-16(2)14-17(13-15)24-22(27)26-11-10-25-9-5-8-20(25)21(26)18-6-3-4-7-19(18)23/h3-9,12-14,21H,10-11H2,1-2H3,(H,24,27)/t21-/m1/s1. The third-order valence-electron chi connectivity index (χ3n) is 4.97. The van der Waals surface area contributed by atoms with Crippen LogP contribution in [0.5, 0.6) is 0 Å². The van der Waals surface area contributed by atoms with E-state index in [1.54, 1.807) is 6.07 Å². The Hall–Kier alpha value is -2.66. The van der Waals surface area contributed by atoms with Crippen LogP contribution in [0, 0.1) is 19.7 Å². The molecule has 0 bridgehead atoms. The first-order valence-corrected chi connectivity index (χ1v) is 9.49. The Bertz CT molecular complexity index is 974. The lowest BCUT2D eigenvalue weighted by Gasteiger charge is -2.39. The first kappa shape index (κ1) is 17.7. The van der Waals surface area contributed by atoms with Gasteiger partial charge in [-0.25, -0.2) is 4.39 Å². The molecule has 3 nitrogen and oxygen atoms in total. The largest absolute Gasteiger partial charge is 0.348 e. The van der Waals surface area contributed by atoms with Crippen molar-refractivity contribution < 1.29 is 4.39 Å². The van der Waals surface area contributed by atoms with Crippen LogP contribution in [0.2, 0.25) is 0 Å². The molecular formula is C22H22FN3S. The van der Waals surface area contributed by atoms with Gasteiger partial charge in [-0.05, 0) is 67.5 Å². The predicted octanol–water partition coefficient (Wildman–Crippen LogP) is 5.05. The molecule has 3 aromatic rings. The number of anilines is 1. The number of aryl methyl sites for hydroxylation is 2. The third-order valence-corrected chi connectivity index (χ3v) is 5.31. The van der Waals surface area contributed by atoms with E-state index in [2.05, 4.69) is 46.8 Å². The molecule has 138 valence electrons. The van der Waals surface area contributed by atoms with E-state index < -0.39 is 0 Å². The fourth-order valence-electron chi connectivity index (χ4n) is 3.87. The monoisotopic (exact) mass is 379 g/mol. The Morgan fingerprint density at radius 3 is 2.52 bits per heavy atom. The van der Waals surface area contributed by atoms with Gasteiger partial charge in [0.1, 0.15) is 5.82 Å². The van der Waals surface area contributed by atoms with Crippen LogP contribution in [0.4, 0.5) is 10.1 Å². The Morgan fingerprint density at radius 2 is 1.78 bits per heavy atom. The van der Waals surface area contributed by atoms with Gasteiger partial charge in [0.25, 0.3) is 0 Å². The second-order valence-corrected chi connectivity index (χ2v) is 7.44. The maximum absolute atomic E-state index is 14.6. The van der Waals surface area contributed by atoms with E-state index in [1.807, 2.05) is 30.5 Å². The molecule has 1 aliphatic rings. The van der Waals surface area contributed by atoms with Crippen molar-refractivity contribution in [2.24, 2.45) is 0 Å². The van der Waals surface area contributed by atoms with E-state index in [9.17, 15) is 4.39 Å². The number of hydrogen-bond donors (Lipinski definition) is 1. The Kier molecular flexibility index (Phi) is 4.70. The first-order valence-electron chi connectivity index (χ1n) is 9.08. The number of nitrogens with zero attached hydrogens (tertiary/aromatic N) is 2. The first-order chi connectivity index (χ1) is 13.0. The van der Waals surface area contributed by atoms with E-state index in [0.29, 0.717) is 10.7 Å². The van der Waals surface area contributed by atoms with Crippen LogP contribution in [0.1, 0.15) is 28.4 Å². The van der Waals surface area contributed by atoms with Crippen LogP contribution in [-0.4, -0.2) is 21.1 Å². The van der Waals surface area contributed by atoms with Crippen LogP contribution in [0.15, 0.2) is 60.8 Å². The van der Waals surface area contributed by atoms with Gasteiger partial charge in [0, 0.05) is 36.2 Å². The topological polar surface area (TPSA) is 20.2 Å². The quantitative estimate of drug-likeness (QED) is 0.630. The summed E-state index contributed by atoms with van der Waals surface area (Å²) in [6.07, 6.45) is 2.04. The summed E-state index contributed by atoms with van der Waals surface area (Å²) in [5, 5.41) is 3.97. The minimum absolute atomic E-state index is 0.212. The molecule has 2 heterocycles. The van der Waals surface area contributed by atoms with Gasteiger partial charge < -0.3 is 14.8 Å². The summed E-state index contributed by atoms with van der Waals surface area (Å²) in [5.41, 5.74) is 5.01. The van der Waals surface area contributed by atoms with Crippen molar-refractivity contribution in [3.8, 4) is 0 Å². The molecule has 0 radical (unpaired) electrons. The van der Waals surface area contributed by atoms with Crippen molar-refractivity contribution >= 4 is 23.0 Å². The number of rotatable bonds is 2. The number of halogens is 1. The molecule has 0 saturated heterocycles. The molecule has 4 rings (SSSR count). The third kappa shape index (κ3) is 3.47. The lowest BCUT2D eigenvalue weighted by molar-refractivity contribution is 0.288. The molecule has 0 unspecified atom stereocenters. The van der Waals surface area contributed by atoms with Gasteiger partial charge in [0.15, 0.2) is 5.11 Å². The van der Waals surface area contributed by atoms with Gasteiger partial charge in [-0.1, -0.05) is 24.3 Å². The highest BCUT2D eigenvalue weighted by Gasteiger charge is 2.32. The van der Waals surface area contributed by atoms with E-state index in [0.717, 1.165) is 24.5 Å². The summed E-state index contributed by atoms with van der Waals surface area (Å²) in [5.74, 6) is -0.212. The molecule has 0 spiro atoms. The van der Waals surface area contributed by atoms with Crippen molar-refractivity contribution in [1.82, 2.24) is 9.47 Å². The van der Waals surface area contributed by atoms with Crippen LogP contribution in [-0.2, 0) is 6.54 Å². The average molecular weight is 380 g/mol. The summed E-state index contributed by atoms with van der Waals surface area (Å²) >= 11 is 5.75. The molecule has 27 heavy (non-hydrogen) atoms. The molecule has 0 aliphatic carbocycles. The summed E-state index contributed by atoms with van der Waals surface area (Å²) in [7, 11) is 0. The summed E-state index contributed by atoms with van der Waals surface area (Å²) < 4.78 is 16.8. The zero-order valence-corrected chi connectivity index (χ0v) is 16.3. The number of benzene rings is 2. The highest BCUT2D eigenvalue weighted by Crippen LogP contribution is 2.34. The maximum Gasteiger partial charge on any atom is 0.174 e. The fourth-order valence-corrected chi connectivity index (χ4v) is 4.18. The lowest BCUT2D eigenvalue weighted by Crippen LogP contribution is -2.44. The molecule has 0 saturated carbocycles. The van der Waals surface area contributed by atoms with Gasteiger partial charge in [0.2, 0.25) is 0 Å². The predicted molar refractivity (Wildman–Crippen MR) is 112 cm³/mol. The van der Waals surface area contributed by atoms with Crippen LogP contribution >= 0.6 is 12.2 Å². The normalized spacial score (nSPS) is 16.1. The maximum atomic E-state index is 14.6. The van der Waals surface area contributed by atoms with Crippen molar-refractivity contribution in [2.75, 3.05) is 11.9 Å². The Balaban J connectivity index is 1.70. The van der Waals surface area contributed by atoms with E-state index >= 15 is 0 Å². The van der Waals surface area contributed by atoms with Crippen molar-refractivity contribution in [1.29, 1.82) is 0 Å². The summed E-state index contributed by atoms with van der Waals surface area (Å²) in [6, 6.07) is 17.0. The zero-order chi connectivity index (χ0) is 19.0. The molecule has 1 aromatic heterocycles. The smallest absolute Gasteiger partial charge is 0.174 e. The molecule has 1 aliphatic heterocycles. The number of hydrogen-bond acceptors (Lipinski definition) is 1. The Morgan fingerprint density at radius 1 is 1.04 bits per heavy atom. The number of fused-ring (bicyclic) bond motifs is 1. The number of thiocarbonyl (C=S) groups is 1. The van der Waals surface area contributed by atoms with Gasteiger partial charge in [0.05, 0.1) is 6.04 Å². The van der Waals surface area contributed by atoms with E-state index in [4.69, 9.17) is 12.2 Å². The highest BCUT2D eigenvalue weighted by atomic mass is 32.1. The second kappa shape index (κ2) is 7.16.